The monoisotopic (exact) mass is 262 g/mol. The molecule has 1 amide bonds. The van der Waals surface area contributed by atoms with E-state index >= 15 is 0 Å². The number of hydrogen-bond donors (Lipinski definition) is 2. The van der Waals surface area contributed by atoms with Crippen molar-refractivity contribution >= 4 is 17.6 Å². The van der Waals surface area contributed by atoms with E-state index in [2.05, 4.69) is 0 Å². The predicted molar refractivity (Wildman–Crippen MR) is 71.8 cm³/mol. The molecule has 1 aliphatic rings. The predicted octanol–water partition coefficient (Wildman–Crippen LogP) is 1.38. The Bertz CT molecular complexity index is 469. The quantitative estimate of drug-likeness (QED) is 0.811. The summed E-state index contributed by atoms with van der Waals surface area (Å²) in [5, 5.41) is 8.68. The molecular formula is C14H18N2O3. The van der Waals surface area contributed by atoms with Crippen molar-refractivity contribution in [2.75, 3.05) is 11.4 Å². The van der Waals surface area contributed by atoms with E-state index in [0.29, 0.717) is 25.8 Å². The second-order valence-corrected chi connectivity index (χ2v) is 4.95. The van der Waals surface area contributed by atoms with Crippen LogP contribution in [0, 0.1) is 0 Å². The molecule has 1 saturated carbocycles. The number of carbonyl (C=O) groups is 2. The lowest BCUT2D eigenvalue weighted by Crippen LogP contribution is -2.46. The number of carbonyl (C=O) groups excluding carboxylic acids is 1. The minimum absolute atomic E-state index is 0.0498. The van der Waals surface area contributed by atoms with Gasteiger partial charge in [0.25, 0.3) is 0 Å². The number of hydrogen-bond acceptors (Lipinski definition) is 3. The van der Waals surface area contributed by atoms with Gasteiger partial charge in [0, 0.05) is 18.7 Å². The molecule has 1 fully saturated rings. The maximum absolute atomic E-state index is 12.4. The fourth-order valence-corrected chi connectivity index (χ4v) is 1.96. The number of aliphatic carboxylic acids is 1. The van der Waals surface area contributed by atoms with E-state index in [4.69, 9.17) is 10.8 Å². The maximum Gasteiger partial charge on any atom is 0.303 e. The summed E-state index contributed by atoms with van der Waals surface area (Å²) in [7, 11) is 0. The minimum Gasteiger partial charge on any atom is -0.481 e. The lowest BCUT2D eigenvalue weighted by Gasteiger charge is -2.25. The molecule has 0 spiro atoms. The Kier molecular flexibility index (Phi) is 3.85. The third-order valence-electron chi connectivity index (χ3n) is 3.30. The molecular weight excluding hydrogens is 244 g/mol. The van der Waals surface area contributed by atoms with Crippen LogP contribution in [-0.4, -0.2) is 29.1 Å². The molecule has 0 unspecified atom stereocenters. The highest BCUT2D eigenvalue weighted by Gasteiger charge is 2.48. The van der Waals surface area contributed by atoms with Gasteiger partial charge in [-0.25, -0.2) is 0 Å². The lowest BCUT2D eigenvalue weighted by molar-refractivity contribution is -0.137. The number of para-hydroxylation sites is 1. The van der Waals surface area contributed by atoms with Gasteiger partial charge >= 0.3 is 5.97 Å². The van der Waals surface area contributed by atoms with E-state index in [9.17, 15) is 9.59 Å². The van der Waals surface area contributed by atoms with Crippen molar-refractivity contribution in [1.29, 1.82) is 0 Å². The van der Waals surface area contributed by atoms with Crippen molar-refractivity contribution in [3.05, 3.63) is 30.3 Å². The second kappa shape index (κ2) is 5.40. The van der Waals surface area contributed by atoms with Gasteiger partial charge in [-0.15, -0.1) is 0 Å². The number of carboxylic acids is 1. The topological polar surface area (TPSA) is 83.6 Å². The van der Waals surface area contributed by atoms with E-state index < -0.39 is 11.5 Å². The van der Waals surface area contributed by atoms with Crippen molar-refractivity contribution in [3.8, 4) is 0 Å². The second-order valence-electron chi connectivity index (χ2n) is 4.95. The zero-order valence-electron chi connectivity index (χ0n) is 10.7. The number of benzene rings is 1. The minimum atomic E-state index is -0.852. The zero-order valence-corrected chi connectivity index (χ0v) is 10.7. The Morgan fingerprint density at radius 2 is 1.89 bits per heavy atom. The summed E-state index contributed by atoms with van der Waals surface area (Å²) in [6, 6.07) is 9.25. The number of rotatable bonds is 6. The molecule has 2 rings (SSSR count). The Hall–Kier alpha value is -1.88. The number of nitrogens with two attached hydrogens (primary N) is 1. The van der Waals surface area contributed by atoms with Gasteiger partial charge in [0.1, 0.15) is 0 Å². The molecule has 0 atom stereocenters. The Balaban J connectivity index is 2.09. The van der Waals surface area contributed by atoms with E-state index in [-0.39, 0.29) is 12.3 Å². The van der Waals surface area contributed by atoms with Gasteiger partial charge < -0.3 is 15.7 Å². The first-order valence-electron chi connectivity index (χ1n) is 6.41. The van der Waals surface area contributed by atoms with Gasteiger partial charge in [-0.05, 0) is 31.4 Å². The number of anilines is 1. The summed E-state index contributed by atoms with van der Waals surface area (Å²) < 4.78 is 0. The molecule has 5 heteroatoms. The van der Waals surface area contributed by atoms with Gasteiger partial charge in [-0.1, -0.05) is 18.2 Å². The van der Waals surface area contributed by atoms with Crippen molar-refractivity contribution < 1.29 is 14.7 Å². The molecule has 0 heterocycles. The Morgan fingerprint density at radius 1 is 1.26 bits per heavy atom. The zero-order chi connectivity index (χ0) is 13.9. The van der Waals surface area contributed by atoms with Crippen LogP contribution in [-0.2, 0) is 9.59 Å². The molecule has 1 aromatic carbocycles. The van der Waals surface area contributed by atoms with Gasteiger partial charge in [-0.2, -0.15) is 0 Å². The molecule has 3 N–H and O–H groups in total. The highest BCUT2D eigenvalue weighted by atomic mass is 16.4. The summed E-state index contributed by atoms with van der Waals surface area (Å²) >= 11 is 0. The molecule has 0 saturated heterocycles. The first-order valence-corrected chi connectivity index (χ1v) is 6.41. The highest BCUT2D eigenvalue weighted by molar-refractivity contribution is 6.02. The fourth-order valence-electron chi connectivity index (χ4n) is 1.96. The Morgan fingerprint density at radius 3 is 2.42 bits per heavy atom. The highest BCUT2D eigenvalue weighted by Crippen LogP contribution is 2.35. The first-order chi connectivity index (χ1) is 9.03. The van der Waals surface area contributed by atoms with E-state index in [1.807, 2.05) is 30.3 Å². The summed E-state index contributed by atoms with van der Waals surface area (Å²) in [5.41, 5.74) is 5.99. The summed E-state index contributed by atoms with van der Waals surface area (Å²) in [6.45, 7) is 0.383. The largest absolute Gasteiger partial charge is 0.481 e. The van der Waals surface area contributed by atoms with E-state index in [1.165, 1.54) is 0 Å². The van der Waals surface area contributed by atoms with Crippen LogP contribution in [0.25, 0.3) is 0 Å². The van der Waals surface area contributed by atoms with Crippen LogP contribution in [0.4, 0.5) is 5.69 Å². The number of nitrogens with zero attached hydrogens (tertiary/aromatic N) is 1. The van der Waals surface area contributed by atoms with Crippen molar-refractivity contribution in [3.63, 3.8) is 0 Å². The summed E-state index contributed by atoms with van der Waals surface area (Å²) in [4.78, 5) is 24.5. The van der Waals surface area contributed by atoms with Crippen molar-refractivity contribution in [2.24, 2.45) is 5.73 Å². The molecule has 0 aromatic heterocycles. The van der Waals surface area contributed by atoms with Crippen LogP contribution in [0.3, 0.4) is 0 Å². The molecule has 1 aliphatic carbocycles. The summed E-state index contributed by atoms with van der Waals surface area (Å²) in [6.07, 6.45) is 1.88. The van der Waals surface area contributed by atoms with Crippen LogP contribution in [0.15, 0.2) is 30.3 Å². The van der Waals surface area contributed by atoms with Gasteiger partial charge in [-0.3, -0.25) is 9.59 Å². The van der Waals surface area contributed by atoms with Crippen LogP contribution in [0.2, 0.25) is 0 Å². The molecule has 0 radical (unpaired) electrons. The van der Waals surface area contributed by atoms with Gasteiger partial charge in [0.05, 0.1) is 5.54 Å². The fraction of sp³-hybridized carbons (Fsp3) is 0.429. The Labute approximate surface area is 112 Å². The molecule has 1 aromatic rings. The van der Waals surface area contributed by atoms with E-state index in [1.54, 1.807) is 4.90 Å². The SMILES string of the molecule is NC1(C(=O)N(CCCC(=O)O)c2ccccc2)CC1. The number of amides is 1. The molecule has 19 heavy (non-hydrogen) atoms. The smallest absolute Gasteiger partial charge is 0.303 e. The third-order valence-corrected chi connectivity index (χ3v) is 3.30. The molecule has 0 aliphatic heterocycles. The maximum atomic E-state index is 12.4. The standard InChI is InChI=1S/C14H18N2O3/c15-14(8-9-14)13(19)16(10-4-7-12(17)18)11-5-2-1-3-6-11/h1-3,5-6H,4,7-10,15H2,(H,17,18). The average molecular weight is 262 g/mol. The summed E-state index contributed by atoms with van der Waals surface area (Å²) in [5.74, 6) is -0.960. The van der Waals surface area contributed by atoms with Crippen molar-refractivity contribution in [2.45, 2.75) is 31.2 Å². The molecule has 102 valence electrons. The van der Waals surface area contributed by atoms with Crippen LogP contribution < -0.4 is 10.6 Å². The van der Waals surface area contributed by atoms with Crippen LogP contribution in [0.5, 0.6) is 0 Å². The molecule has 0 bridgehead atoms. The van der Waals surface area contributed by atoms with Crippen LogP contribution >= 0.6 is 0 Å². The number of carboxylic acid groups (broad SMARTS) is 1. The lowest BCUT2D eigenvalue weighted by atomic mass is 10.2. The average Bonchev–Trinajstić information content (AvgIpc) is 3.14. The first kappa shape index (κ1) is 13.5. The normalized spacial score (nSPS) is 15.8. The van der Waals surface area contributed by atoms with Gasteiger partial charge in [0.2, 0.25) is 5.91 Å². The third kappa shape index (κ3) is 3.32. The molecule has 5 nitrogen and oxygen atoms in total. The van der Waals surface area contributed by atoms with Crippen molar-refractivity contribution in [1.82, 2.24) is 0 Å². The van der Waals surface area contributed by atoms with Gasteiger partial charge in [0.15, 0.2) is 0 Å². The van der Waals surface area contributed by atoms with Crippen LogP contribution in [0.1, 0.15) is 25.7 Å². The van der Waals surface area contributed by atoms with E-state index in [0.717, 1.165) is 5.69 Å².